The van der Waals surface area contributed by atoms with Crippen molar-refractivity contribution < 1.29 is 18.7 Å². The standard InChI is InChI=1S/C22H16ClNO5/c1-13-7-20-18(10-19(13)23)16(9-21(25)29-20)12-28-22(26)15(11-24)8-14-3-5-17(27-2)6-4-14/h3-10H,12H2,1-2H3/b15-8+. The van der Waals surface area contributed by atoms with Crippen molar-refractivity contribution >= 4 is 34.6 Å². The molecule has 3 aromatic rings. The van der Waals surface area contributed by atoms with Gasteiger partial charge >= 0.3 is 11.6 Å². The monoisotopic (exact) mass is 409 g/mol. The van der Waals surface area contributed by atoms with Crippen LogP contribution in [0.15, 0.2) is 57.2 Å². The summed E-state index contributed by atoms with van der Waals surface area (Å²) in [5.74, 6) is -0.144. The van der Waals surface area contributed by atoms with E-state index in [1.807, 2.05) is 6.07 Å². The Bertz CT molecular complexity index is 1200. The van der Waals surface area contributed by atoms with E-state index in [9.17, 15) is 14.9 Å². The maximum atomic E-state index is 12.4. The molecular formula is C22H16ClNO5. The molecule has 0 N–H and O–H groups in total. The molecule has 2 aromatic carbocycles. The molecule has 3 rings (SSSR count). The lowest BCUT2D eigenvalue weighted by Gasteiger charge is -2.08. The number of ether oxygens (including phenoxy) is 2. The zero-order valence-corrected chi connectivity index (χ0v) is 16.4. The number of carbonyl (C=O) groups is 1. The number of hydrogen-bond donors (Lipinski definition) is 0. The second kappa shape index (κ2) is 8.63. The van der Waals surface area contributed by atoms with Gasteiger partial charge in [0.2, 0.25) is 0 Å². The van der Waals surface area contributed by atoms with Crippen molar-refractivity contribution in [2.75, 3.05) is 7.11 Å². The molecule has 146 valence electrons. The van der Waals surface area contributed by atoms with Crippen molar-refractivity contribution in [1.29, 1.82) is 5.26 Å². The van der Waals surface area contributed by atoms with Gasteiger partial charge in [-0.2, -0.15) is 5.26 Å². The first-order valence-electron chi connectivity index (χ1n) is 8.57. The van der Waals surface area contributed by atoms with Crippen LogP contribution in [0, 0.1) is 18.3 Å². The highest BCUT2D eigenvalue weighted by molar-refractivity contribution is 6.32. The van der Waals surface area contributed by atoms with Crippen LogP contribution in [0.1, 0.15) is 16.7 Å². The van der Waals surface area contributed by atoms with Gasteiger partial charge in [0.1, 0.15) is 29.6 Å². The Hall–Kier alpha value is -3.56. The van der Waals surface area contributed by atoms with E-state index in [4.69, 9.17) is 25.5 Å². The van der Waals surface area contributed by atoms with Crippen molar-refractivity contribution in [1.82, 2.24) is 0 Å². The predicted octanol–water partition coefficient (Wildman–Crippen LogP) is 4.41. The van der Waals surface area contributed by atoms with E-state index in [1.165, 1.54) is 12.1 Å². The molecule has 1 aromatic heterocycles. The van der Waals surface area contributed by atoms with Crippen LogP contribution in [0.4, 0.5) is 0 Å². The SMILES string of the molecule is COc1ccc(/C=C(\C#N)C(=O)OCc2cc(=O)oc3cc(C)c(Cl)cc23)cc1. The number of hydrogen-bond acceptors (Lipinski definition) is 6. The van der Waals surface area contributed by atoms with Gasteiger partial charge in [0, 0.05) is 22.0 Å². The Kier molecular flexibility index (Phi) is 6.01. The predicted molar refractivity (Wildman–Crippen MR) is 109 cm³/mol. The van der Waals surface area contributed by atoms with Gasteiger partial charge in [0.15, 0.2) is 0 Å². The van der Waals surface area contributed by atoms with Gasteiger partial charge < -0.3 is 13.9 Å². The third kappa shape index (κ3) is 4.65. The van der Waals surface area contributed by atoms with E-state index in [-0.39, 0.29) is 12.2 Å². The molecule has 0 unspecified atom stereocenters. The van der Waals surface area contributed by atoms with Crippen LogP contribution in [0.5, 0.6) is 5.75 Å². The Labute approximate surface area is 171 Å². The molecule has 0 saturated heterocycles. The van der Waals surface area contributed by atoms with Gasteiger partial charge in [-0.1, -0.05) is 23.7 Å². The highest BCUT2D eigenvalue weighted by Gasteiger charge is 2.14. The number of benzene rings is 2. The molecule has 29 heavy (non-hydrogen) atoms. The molecule has 0 fully saturated rings. The van der Waals surface area contributed by atoms with E-state index < -0.39 is 11.6 Å². The molecule has 0 saturated carbocycles. The third-order valence-corrected chi connectivity index (χ3v) is 4.64. The fourth-order valence-electron chi connectivity index (χ4n) is 2.69. The molecule has 0 spiro atoms. The zero-order chi connectivity index (χ0) is 21.0. The second-order valence-electron chi connectivity index (χ2n) is 6.21. The summed E-state index contributed by atoms with van der Waals surface area (Å²) in [4.78, 5) is 24.2. The van der Waals surface area contributed by atoms with Crippen molar-refractivity contribution in [3.63, 3.8) is 0 Å². The number of aryl methyl sites for hydroxylation is 1. The van der Waals surface area contributed by atoms with Crippen LogP contribution in [-0.2, 0) is 16.1 Å². The summed E-state index contributed by atoms with van der Waals surface area (Å²) in [5, 5.41) is 10.4. The number of carbonyl (C=O) groups excluding carboxylic acids is 1. The number of methoxy groups -OCH3 is 1. The maximum absolute atomic E-state index is 12.4. The highest BCUT2D eigenvalue weighted by atomic mass is 35.5. The normalized spacial score (nSPS) is 11.2. The number of rotatable bonds is 5. The first kappa shape index (κ1) is 20.2. The molecule has 0 atom stereocenters. The molecule has 1 heterocycles. The first-order chi connectivity index (χ1) is 13.9. The van der Waals surface area contributed by atoms with Crippen molar-refractivity contribution in [2.24, 2.45) is 0 Å². The summed E-state index contributed by atoms with van der Waals surface area (Å²) in [7, 11) is 1.55. The van der Waals surface area contributed by atoms with E-state index in [0.29, 0.717) is 32.9 Å². The molecule has 0 aliphatic rings. The first-order valence-corrected chi connectivity index (χ1v) is 8.95. The Morgan fingerprint density at radius 2 is 1.97 bits per heavy atom. The Balaban J connectivity index is 1.83. The van der Waals surface area contributed by atoms with E-state index >= 15 is 0 Å². The van der Waals surface area contributed by atoms with Gasteiger partial charge in [-0.15, -0.1) is 0 Å². The van der Waals surface area contributed by atoms with Crippen LogP contribution >= 0.6 is 11.6 Å². The summed E-state index contributed by atoms with van der Waals surface area (Å²) in [6, 6.07) is 13.2. The summed E-state index contributed by atoms with van der Waals surface area (Å²) in [6.07, 6.45) is 1.42. The fourth-order valence-corrected chi connectivity index (χ4v) is 2.86. The average Bonchev–Trinajstić information content (AvgIpc) is 2.71. The summed E-state index contributed by atoms with van der Waals surface area (Å²) in [6.45, 7) is 1.58. The number of nitrogens with zero attached hydrogens (tertiary/aromatic N) is 1. The van der Waals surface area contributed by atoms with Gasteiger partial charge in [-0.05, 0) is 48.4 Å². The smallest absolute Gasteiger partial charge is 0.349 e. The minimum absolute atomic E-state index is 0.170. The van der Waals surface area contributed by atoms with Crippen LogP contribution in [0.2, 0.25) is 5.02 Å². The molecule has 0 radical (unpaired) electrons. The topological polar surface area (TPSA) is 89.5 Å². The largest absolute Gasteiger partial charge is 0.497 e. The van der Waals surface area contributed by atoms with E-state index in [0.717, 1.165) is 5.56 Å². The molecular weight excluding hydrogens is 394 g/mol. The molecule has 0 aliphatic heterocycles. The second-order valence-corrected chi connectivity index (χ2v) is 6.61. The van der Waals surface area contributed by atoms with E-state index in [1.54, 1.807) is 50.4 Å². The van der Waals surface area contributed by atoms with Gasteiger partial charge in [0.05, 0.1) is 7.11 Å². The van der Waals surface area contributed by atoms with Gasteiger partial charge in [0.25, 0.3) is 0 Å². The zero-order valence-electron chi connectivity index (χ0n) is 15.7. The van der Waals surface area contributed by atoms with Crippen LogP contribution < -0.4 is 10.4 Å². The lowest BCUT2D eigenvalue weighted by Crippen LogP contribution is -2.09. The lowest BCUT2D eigenvalue weighted by molar-refractivity contribution is -0.139. The van der Waals surface area contributed by atoms with Crippen LogP contribution in [0.25, 0.3) is 17.0 Å². The Morgan fingerprint density at radius 1 is 1.24 bits per heavy atom. The van der Waals surface area contributed by atoms with Gasteiger partial charge in [-0.3, -0.25) is 0 Å². The van der Waals surface area contributed by atoms with Crippen LogP contribution in [-0.4, -0.2) is 13.1 Å². The molecule has 0 aliphatic carbocycles. The minimum Gasteiger partial charge on any atom is -0.497 e. The Morgan fingerprint density at radius 3 is 2.62 bits per heavy atom. The van der Waals surface area contributed by atoms with Crippen molar-refractivity contribution in [2.45, 2.75) is 13.5 Å². The van der Waals surface area contributed by atoms with Gasteiger partial charge in [-0.25, -0.2) is 9.59 Å². The number of fused-ring (bicyclic) bond motifs is 1. The quantitative estimate of drug-likeness (QED) is 0.268. The number of halogens is 1. The number of esters is 1. The van der Waals surface area contributed by atoms with Crippen molar-refractivity contribution in [3.05, 3.63) is 80.2 Å². The van der Waals surface area contributed by atoms with E-state index in [2.05, 4.69) is 0 Å². The minimum atomic E-state index is -0.803. The maximum Gasteiger partial charge on any atom is 0.349 e. The molecule has 0 bridgehead atoms. The summed E-state index contributed by atoms with van der Waals surface area (Å²) in [5.41, 5.74) is 1.45. The molecule has 7 heteroatoms. The summed E-state index contributed by atoms with van der Waals surface area (Å²) >= 11 is 6.16. The lowest BCUT2D eigenvalue weighted by atomic mass is 10.1. The highest BCUT2D eigenvalue weighted by Crippen LogP contribution is 2.25. The average molecular weight is 410 g/mol. The van der Waals surface area contributed by atoms with Crippen LogP contribution in [0.3, 0.4) is 0 Å². The molecule has 6 nitrogen and oxygen atoms in total. The molecule has 0 amide bonds. The summed E-state index contributed by atoms with van der Waals surface area (Å²) < 4.78 is 15.5. The number of nitriles is 1. The van der Waals surface area contributed by atoms with Crippen molar-refractivity contribution in [3.8, 4) is 11.8 Å². The third-order valence-electron chi connectivity index (χ3n) is 4.24. The fraction of sp³-hybridized carbons (Fsp3) is 0.136.